The molecule has 0 aliphatic rings. The zero-order valence-electron chi connectivity index (χ0n) is 8.53. The van der Waals surface area contributed by atoms with E-state index < -0.39 is 23.7 Å². The Kier molecular flexibility index (Phi) is 3.57. The summed E-state index contributed by atoms with van der Waals surface area (Å²) in [6.45, 7) is 1.41. The van der Waals surface area contributed by atoms with Gasteiger partial charge in [0.05, 0.1) is 17.3 Å². The number of aromatic carboxylic acids is 1. The van der Waals surface area contributed by atoms with Gasteiger partial charge in [-0.2, -0.15) is 0 Å². The van der Waals surface area contributed by atoms with E-state index >= 15 is 0 Å². The van der Waals surface area contributed by atoms with Crippen molar-refractivity contribution in [3.05, 3.63) is 29.6 Å². The predicted octanol–water partition coefficient (Wildman–Crippen LogP) is 0.810. The first-order valence-electron chi connectivity index (χ1n) is 4.51. The van der Waals surface area contributed by atoms with E-state index in [2.05, 4.69) is 5.32 Å². The van der Waals surface area contributed by atoms with Crippen LogP contribution < -0.4 is 11.1 Å². The molecule has 0 aliphatic heterocycles. The number of hydrogen-bond acceptors (Lipinski definition) is 3. The SMILES string of the molecule is C[C@H](N)C(=O)Nc1c(F)cccc1C(=O)O. The number of amides is 1. The number of carboxylic acid groups (broad SMARTS) is 1. The third kappa shape index (κ3) is 2.54. The quantitative estimate of drug-likeness (QED) is 0.711. The number of halogens is 1. The molecule has 1 aromatic rings. The Morgan fingerprint density at radius 1 is 1.50 bits per heavy atom. The molecule has 1 amide bonds. The van der Waals surface area contributed by atoms with Crippen molar-refractivity contribution in [1.29, 1.82) is 0 Å². The predicted molar refractivity (Wildman–Crippen MR) is 55.6 cm³/mol. The van der Waals surface area contributed by atoms with Gasteiger partial charge < -0.3 is 16.2 Å². The van der Waals surface area contributed by atoms with Crippen LogP contribution in [-0.2, 0) is 4.79 Å². The number of carbonyl (C=O) groups is 2. The van der Waals surface area contributed by atoms with Gasteiger partial charge in [-0.15, -0.1) is 0 Å². The molecule has 0 bridgehead atoms. The van der Waals surface area contributed by atoms with Crippen LogP contribution in [0.5, 0.6) is 0 Å². The van der Waals surface area contributed by atoms with Gasteiger partial charge in [0.2, 0.25) is 5.91 Å². The normalized spacial score (nSPS) is 11.9. The van der Waals surface area contributed by atoms with Gasteiger partial charge in [0.25, 0.3) is 0 Å². The van der Waals surface area contributed by atoms with E-state index in [0.717, 1.165) is 6.07 Å². The van der Waals surface area contributed by atoms with Gasteiger partial charge in [-0.3, -0.25) is 4.79 Å². The van der Waals surface area contributed by atoms with Crippen LogP contribution in [0.15, 0.2) is 18.2 Å². The topological polar surface area (TPSA) is 92.4 Å². The fourth-order valence-corrected chi connectivity index (χ4v) is 1.07. The standard InChI is InChI=1S/C10H11FN2O3/c1-5(12)9(14)13-8-6(10(15)16)3-2-4-7(8)11/h2-5H,12H2,1H3,(H,13,14)(H,15,16)/t5-/m0/s1. The minimum Gasteiger partial charge on any atom is -0.478 e. The molecule has 0 radical (unpaired) electrons. The molecule has 16 heavy (non-hydrogen) atoms. The molecular weight excluding hydrogens is 215 g/mol. The van der Waals surface area contributed by atoms with Crippen LogP contribution in [0.25, 0.3) is 0 Å². The summed E-state index contributed by atoms with van der Waals surface area (Å²) in [5, 5.41) is 10.9. The third-order valence-corrected chi connectivity index (χ3v) is 1.91. The van der Waals surface area contributed by atoms with E-state index in [-0.39, 0.29) is 11.3 Å². The lowest BCUT2D eigenvalue weighted by molar-refractivity contribution is -0.117. The van der Waals surface area contributed by atoms with Crippen LogP contribution in [0.2, 0.25) is 0 Å². The average molecular weight is 226 g/mol. The van der Waals surface area contributed by atoms with Crippen LogP contribution in [0.1, 0.15) is 17.3 Å². The number of nitrogens with two attached hydrogens (primary N) is 1. The third-order valence-electron chi connectivity index (χ3n) is 1.91. The molecule has 6 heteroatoms. The fourth-order valence-electron chi connectivity index (χ4n) is 1.07. The van der Waals surface area contributed by atoms with Crippen molar-refractivity contribution in [3.8, 4) is 0 Å². The maximum absolute atomic E-state index is 13.3. The van der Waals surface area contributed by atoms with Gasteiger partial charge in [-0.1, -0.05) is 6.07 Å². The van der Waals surface area contributed by atoms with E-state index in [1.807, 2.05) is 0 Å². The summed E-state index contributed by atoms with van der Waals surface area (Å²) in [6, 6.07) is 2.66. The van der Waals surface area contributed by atoms with Crippen molar-refractivity contribution in [2.75, 3.05) is 5.32 Å². The van der Waals surface area contributed by atoms with Crippen LogP contribution in [0, 0.1) is 5.82 Å². The van der Waals surface area contributed by atoms with Gasteiger partial charge in [-0.05, 0) is 19.1 Å². The van der Waals surface area contributed by atoms with Crippen molar-refractivity contribution in [2.45, 2.75) is 13.0 Å². The molecule has 1 atom stereocenters. The number of benzene rings is 1. The maximum atomic E-state index is 13.3. The number of nitrogens with one attached hydrogen (secondary N) is 1. The number of hydrogen-bond donors (Lipinski definition) is 3. The lowest BCUT2D eigenvalue weighted by Crippen LogP contribution is -2.33. The molecule has 0 spiro atoms. The smallest absolute Gasteiger partial charge is 0.337 e. The zero-order chi connectivity index (χ0) is 12.3. The van der Waals surface area contributed by atoms with E-state index in [1.54, 1.807) is 0 Å². The molecule has 0 saturated heterocycles. The Hall–Kier alpha value is -1.95. The number of para-hydroxylation sites is 1. The molecule has 4 N–H and O–H groups in total. The van der Waals surface area contributed by atoms with E-state index in [4.69, 9.17) is 10.8 Å². The summed E-state index contributed by atoms with van der Waals surface area (Å²) in [7, 11) is 0. The first-order valence-corrected chi connectivity index (χ1v) is 4.51. The summed E-state index contributed by atoms with van der Waals surface area (Å²) in [6.07, 6.45) is 0. The van der Waals surface area contributed by atoms with Gasteiger partial charge in [0.15, 0.2) is 0 Å². The lowest BCUT2D eigenvalue weighted by atomic mass is 10.1. The molecule has 86 valence electrons. The highest BCUT2D eigenvalue weighted by atomic mass is 19.1. The van der Waals surface area contributed by atoms with Crippen LogP contribution >= 0.6 is 0 Å². The average Bonchev–Trinajstić information content (AvgIpc) is 2.20. The van der Waals surface area contributed by atoms with Crippen molar-refractivity contribution in [1.82, 2.24) is 0 Å². The van der Waals surface area contributed by atoms with Gasteiger partial charge in [0.1, 0.15) is 5.82 Å². The molecule has 0 aliphatic carbocycles. The van der Waals surface area contributed by atoms with E-state index in [0.29, 0.717) is 0 Å². The van der Waals surface area contributed by atoms with Crippen molar-refractivity contribution in [3.63, 3.8) is 0 Å². The first-order chi connectivity index (χ1) is 7.43. The molecule has 0 unspecified atom stereocenters. The summed E-state index contributed by atoms with van der Waals surface area (Å²) < 4.78 is 13.3. The fraction of sp³-hybridized carbons (Fsp3) is 0.200. The van der Waals surface area contributed by atoms with Crippen molar-refractivity contribution in [2.24, 2.45) is 5.73 Å². The van der Waals surface area contributed by atoms with Crippen LogP contribution in [0.4, 0.5) is 10.1 Å². The molecule has 0 heterocycles. The molecule has 1 rings (SSSR count). The zero-order valence-corrected chi connectivity index (χ0v) is 8.53. The molecule has 0 saturated carbocycles. The highest BCUT2D eigenvalue weighted by Crippen LogP contribution is 2.19. The highest BCUT2D eigenvalue weighted by Gasteiger charge is 2.17. The summed E-state index contributed by atoms with van der Waals surface area (Å²) in [5.41, 5.74) is 4.60. The summed E-state index contributed by atoms with van der Waals surface area (Å²) in [4.78, 5) is 22.0. The Balaban J connectivity index is 3.11. The first kappa shape index (κ1) is 12.1. The van der Waals surface area contributed by atoms with Crippen molar-refractivity contribution < 1.29 is 19.1 Å². The van der Waals surface area contributed by atoms with Gasteiger partial charge in [0, 0.05) is 0 Å². The molecule has 5 nitrogen and oxygen atoms in total. The Labute approximate surface area is 91.1 Å². The Morgan fingerprint density at radius 3 is 2.62 bits per heavy atom. The van der Waals surface area contributed by atoms with Crippen LogP contribution in [0.3, 0.4) is 0 Å². The van der Waals surface area contributed by atoms with E-state index in [9.17, 15) is 14.0 Å². The second-order valence-corrected chi connectivity index (χ2v) is 3.25. The van der Waals surface area contributed by atoms with Gasteiger partial charge in [-0.25, -0.2) is 9.18 Å². The minimum absolute atomic E-state index is 0.311. The largest absolute Gasteiger partial charge is 0.478 e. The minimum atomic E-state index is -1.32. The monoisotopic (exact) mass is 226 g/mol. The molecular formula is C10H11FN2O3. The Bertz CT molecular complexity index is 432. The molecule has 0 fully saturated rings. The summed E-state index contributed by atoms with van der Waals surface area (Å²) >= 11 is 0. The van der Waals surface area contributed by atoms with Crippen LogP contribution in [-0.4, -0.2) is 23.0 Å². The summed E-state index contributed by atoms with van der Waals surface area (Å²) in [5.74, 6) is -2.78. The number of carboxylic acids is 1. The second-order valence-electron chi connectivity index (χ2n) is 3.25. The second kappa shape index (κ2) is 4.71. The molecule has 1 aromatic carbocycles. The van der Waals surface area contributed by atoms with Gasteiger partial charge >= 0.3 is 5.97 Å². The maximum Gasteiger partial charge on any atom is 0.337 e. The van der Waals surface area contributed by atoms with Crippen molar-refractivity contribution >= 4 is 17.6 Å². The highest BCUT2D eigenvalue weighted by molar-refractivity contribution is 6.02. The number of rotatable bonds is 3. The molecule has 0 aromatic heterocycles. The number of anilines is 1. The Morgan fingerprint density at radius 2 is 2.12 bits per heavy atom. The van der Waals surface area contributed by atoms with E-state index in [1.165, 1.54) is 19.1 Å². The number of carbonyl (C=O) groups excluding carboxylic acids is 1. The lowest BCUT2D eigenvalue weighted by Gasteiger charge is -2.10.